The smallest absolute Gasteiger partial charge is 0.402 e. The van der Waals surface area contributed by atoms with Gasteiger partial charge in [-0.3, -0.25) is 9.35 Å². The van der Waals surface area contributed by atoms with Crippen LogP contribution in [0.4, 0.5) is 8.78 Å². The molecule has 5 fully saturated rings. The number of rotatable bonds is 5. The summed E-state index contributed by atoms with van der Waals surface area (Å²) in [6.07, 6.45) is 3.67. The fourth-order valence-electron chi connectivity index (χ4n) is 5.62. The minimum atomic E-state index is -5.62. The zero-order valence-electron chi connectivity index (χ0n) is 14.5. The van der Waals surface area contributed by atoms with Crippen molar-refractivity contribution in [1.29, 1.82) is 0 Å². The fourth-order valence-corrected chi connectivity index (χ4v) is 9.91. The Balaban J connectivity index is 1.50. The average molecular weight is 445 g/mol. The quantitative estimate of drug-likeness (QED) is 0.492. The van der Waals surface area contributed by atoms with Gasteiger partial charge in [-0.1, -0.05) is 0 Å². The van der Waals surface area contributed by atoms with Crippen molar-refractivity contribution in [2.45, 2.75) is 46.7 Å². The lowest BCUT2D eigenvalue weighted by Crippen LogP contribution is -2.60. The molecule has 2 N–H and O–H groups in total. The van der Waals surface area contributed by atoms with E-state index in [9.17, 15) is 27.1 Å². The van der Waals surface area contributed by atoms with E-state index in [0.717, 1.165) is 18.6 Å². The number of carbonyl (C=O) groups is 1. The highest BCUT2D eigenvalue weighted by Gasteiger charge is 2.67. The van der Waals surface area contributed by atoms with Gasteiger partial charge in [-0.25, -0.2) is 0 Å². The lowest BCUT2D eigenvalue weighted by molar-refractivity contribution is -0.177. The van der Waals surface area contributed by atoms with Crippen LogP contribution in [-0.2, 0) is 19.6 Å². The molecular weight excluding hydrogens is 422 g/mol. The second-order valence-electron chi connectivity index (χ2n) is 8.27. The van der Waals surface area contributed by atoms with Gasteiger partial charge in [0, 0.05) is 11.0 Å². The SMILES string of the molecule is O=C(OCC(F)(F)S(=O)(=O)O)C12CC3CC(C1)C1(SCC(CO)S1)C(C3)C2. The number of alkyl halides is 2. The molecule has 1 heterocycles. The Labute approximate surface area is 164 Å². The standard InChI is InChI=1S/C16H22F2O6S3/c17-15(18,27(21,22)23)8-24-13(20)14-3-9-1-10(4-14)16(11(2-9)5-14)25-7-12(6-19)26-16/h9-12,19H,1-8H2,(H,21,22,23). The van der Waals surface area contributed by atoms with Gasteiger partial charge >= 0.3 is 21.3 Å². The van der Waals surface area contributed by atoms with E-state index in [1.165, 1.54) is 0 Å². The molecule has 0 aromatic rings. The lowest BCUT2D eigenvalue weighted by Gasteiger charge is -2.62. The van der Waals surface area contributed by atoms with Crippen molar-refractivity contribution in [1.82, 2.24) is 0 Å². The summed E-state index contributed by atoms with van der Waals surface area (Å²) in [5.74, 6) is 0.954. The Bertz CT molecular complexity index is 726. The second kappa shape index (κ2) is 6.45. The van der Waals surface area contributed by atoms with Gasteiger partial charge in [0.15, 0.2) is 6.61 Å². The number of aliphatic hydroxyl groups excluding tert-OH is 1. The Morgan fingerprint density at radius 2 is 1.85 bits per heavy atom. The van der Waals surface area contributed by atoms with Crippen molar-refractivity contribution in [2.24, 2.45) is 23.2 Å². The number of ether oxygens (including phenoxy) is 1. The number of esters is 1. The predicted octanol–water partition coefficient (Wildman–Crippen LogP) is 2.37. The Morgan fingerprint density at radius 1 is 1.22 bits per heavy atom. The number of hydrogen-bond donors (Lipinski definition) is 2. The maximum absolute atomic E-state index is 13.4. The van der Waals surface area contributed by atoms with E-state index in [2.05, 4.69) is 0 Å². The van der Waals surface area contributed by atoms with E-state index < -0.39 is 33.4 Å². The molecule has 0 aromatic carbocycles. The van der Waals surface area contributed by atoms with Gasteiger partial charge in [0.05, 0.1) is 16.1 Å². The Kier molecular flexibility index (Phi) is 4.82. The molecule has 11 heteroatoms. The van der Waals surface area contributed by atoms with Crippen LogP contribution in [0.25, 0.3) is 0 Å². The first-order chi connectivity index (χ1) is 12.5. The number of carbonyl (C=O) groups excluding carboxylic acids is 1. The molecule has 154 valence electrons. The molecule has 6 nitrogen and oxygen atoms in total. The molecule has 4 aliphatic carbocycles. The first kappa shape index (κ1) is 20.2. The molecule has 1 saturated heterocycles. The maximum atomic E-state index is 13.4. The fraction of sp³-hybridized carbons (Fsp3) is 0.938. The van der Waals surface area contributed by atoms with Crippen LogP contribution in [0.1, 0.15) is 32.1 Å². The third kappa shape index (κ3) is 3.12. The molecule has 1 aliphatic heterocycles. The van der Waals surface area contributed by atoms with Crippen molar-refractivity contribution >= 4 is 39.6 Å². The highest BCUT2D eigenvalue weighted by molar-refractivity contribution is 8.21. The van der Waals surface area contributed by atoms with Crippen molar-refractivity contribution in [3.8, 4) is 0 Å². The monoisotopic (exact) mass is 444 g/mol. The second-order valence-corrected chi connectivity index (χ2v) is 12.9. The largest absolute Gasteiger partial charge is 0.458 e. The van der Waals surface area contributed by atoms with E-state index >= 15 is 0 Å². The zero-order valence-corrected chi connectivity index (χ0v) is 16.9. The summed E-state index contributed by atoms with van der Waals surface area (Å²) in [6, 6.07) is 0. The van der Waals surface area contributed by atoms with Gasteiger partial charge in [0.2, 0.25) is 0 Å². The van der Waals surface area contributed by atoms with Crippen LogP contribution in [0.5, 0.6) is 0 Å². The van der Waals surface area contributed by atoms with Gasteiger partial charge in [0.1, 0.15) is 0 Å². The first-order valence-corrected chi connectivity index (χ1v) is 12.3. The number of halogens is 2. The van der Waals surface area contributed by atoms with Crippen LogP contribution in [0.15, 0.2) is 0 Å². The topological polar surface area (TPSA) is 101 Å². The summed E-state index contributed by atoms with van der Waals surface area (Å²) in [6.45, 7) is -1.53. The molecular formula is C16H22F2O6S3. The third-order valence-corrected chi connectivity index (χ3v) is 11.7. The van der Waals surface area contributed by atoms with Crippen LogP contribution >= 0.6 is 23.5 Å². The average Bonchev–Trinajstić information content (AvgIpc) is 3.01. The van der Waals surface area contributed by atoms with Crippen LogP contribution in [0, 0.1) is 23.2 Å². The third-order valence-electron chi connectivity index (χ3n) is 6.56. The van der Waals surface area contributed by atoms with Gasteiger partial charge in [0.25, 0.3) is 0 Å². The Morgan fingerprint density at radius 3 is 2.37 bits per heavy atom. The molecule has 1 spiro atoms. The summed E-state index contributed by atoms with van der Waals surface area (Å²) in [7, 11) is -5.62. The molecule has 4 bridgehead atoms. The summed E-state index contributed by atoms with van der Waals surface area (Å²) < 4.78 is 61.6. The molecule has 0 aromatic heterocycles. The van der Waals surface area contributed by atoms with Crippen LogP contribution < -0.4 is 0 Å². The van der Waals surface area contributed by atoms with Gasteiger partial charge in [-0.15, -0.1) is 23.5 Å². The first-order valence-electron chi connectivity index (χ1n) is 8.96. The molecule has 3 atom stereocenters. The molecule has 0 amide bonds. The maximum Gasteiger partial charge on any atom is 0.402 e. The molecule has 5 aliphatic rings. The van der Waals surface area contributed by atoms with Crippen molar-refractivity contribution in [2.75, 3.05) is 19.0 Å². The van der Waals surface area contributed by atoms with E-state index in [4.69, 9.17) is 9.29 Å². The van der Waals surface area contributed by atoms with Gasteiger partial charge in [-0.2, -0.15) is 17.2 Å². The van der Waals surface area contributed by atoms with Crippen LogP contribution in [-0.4, -0.2) is 57.6 Å². The minimum Gasteiger partial charge on any atom is -0.458 e. The molecule has 0 radical (unpaired) electrons. The molecule has 27 heavy (non-hydrogen) atoms. The van der Waals surface area contributed by atoms with Gasteiger partial charge in [-0.05, 0) is 49.9 Å². The Hall–Kier alpha value is -0.100. The molecule has 4 saturated carbocycles. The summed E-state index contributed by atoms with van der Waals surface area (Å²) in [5.41, 5.74) is -0.838. The van der Waals surface area contributed by atoms with Gasteiger partial charge < -0.3 is 9.84 Å². The number of thioether (sulfide) groups is 2. The lowest BCUT2D eigenvalue weighted by atomic mass is 9.49. The van der Waals surface area contributed by atoms with E-state index in [0.29, 0.717) is 25.2 Å². The molecule has 3 unspecified atom stereocenters. The summed E-state index contributed by atoms with van der Waals surface area (Å²) >= 11 is 3.67. The van der Waals surface area contributed by atoms with Crippen LogP contribution in [0.2, 0.25) is 0 Å². The van der Waals surface area contributed by atoms with Crippen molar-refractivity contribution in [3.05, 3.63) is 0 Å². The normalized spacial score (nSPS) is 43.4. The molecule has 5 rings (SSSR count). The zero-order chi connectivity index (χ0) is 19.7. The minimum absolute atomic E-state index is 0.0214. The predicted molar refractivity (Wildman–Crippen MR) is 97.1 cm³/mol. The number of aliphatic hydroxyl groups is 1. The number of hydrogen-bond acceptors (Lipinski definition) is 7. The summed E-state index contributed by atoms with van der Waals surface area (Å²) in [5, 5.41) is 5.19. The van der Waals surface area contributed by atoms with Crippen molar-refractivity contribution < 1.29 is 36.4 Å². The van der Waals surface area contributed by atoms with E-state index in [-0.39, 0.29) is 27.8 Å². The summed E-state index contributed by atoms with van der Waals surface area (Å²) in [4.78, 5) is 12.7. The highest BCUT2D eigenvalue weighted by Crippen LogP contribution is 2.73. The van der Waals surface area contributed by atoms with E-state index in [1.54, 1.807) is 0 Å². The van der Waals surface area contributed by atoms with Crippen LogP contribution in [0.3, 0.4) is 0 Å². The van der Waals surface area contributed by atoms with Crippen molar-refractivity contribution in [3.63, 3.8) is 0 Å². The van der Waals surface area contributed by atoms with E-state index in [1.807, 2.05) is 23.5 Å². The highest BCUT2D eigenvalue weighted by atomic mass is 32.2.